The summed E-state index contributed by atoms with van der Waals surface area (Å²) in [4.78, 5) is 7.27. The second kappa shape index (κ2) is 7.77. The van der Waals surface area contributed by atoms with E-state index >= 15 is 0 Å². The Labute approximate surface area is 185 Å². The zero-order valence-electron chi connectivity index (χ0n) is 18.7. The molecule has 0 saturated heterocycles. The molecule has 0 N–H and O–H groups in total. The number of hydrogen-bond acceptors (Lipinski definition) is 2. The van der Waals surface area contributed by atoms with Crippen molar-refractivity contribution in [2.24, 2.45) is 0 Å². The van der Waals surface area contributed by atoms with Crippen LogP contribution in [0.1, 0.15) is 50.7 Å². The van der Waals surface area contributed by atoms with E-state index in [1.165, 1.54) is 33.5 Å². The average molecular weight is 405 g/mol. The molecule has 3 aromatic carbocycles. The molecule has 0 fully saturated rings. The van der Waals surface area contributed by atoms with Crippen LogP contribution in [0, 0.1) is 0 Å². The predicted octanol–water partition coefficient (Wildman–Crippen LogP) is 6.19. The zero-order valence-corrected chi connectivity index (χ0v) is 18.7. The number of imidazole rings is 1. The van der Waals surface area contributed by atoms with Crippen LogP contribution in [0.2, 0.25) is 0 Å². The maximum Gasteiger partial charge on any atom is 0.422 e. The fourth-order valence-electron chi connectivity index (χ4n) is 4.89. The highest BCUT2D eigenvalue weighted by Gasteiger charge is 2.40. The summed E-state index contributed by atoms with van der Waals surface area (Å²) in [6, 6.07) is 26.2. The number of para-hydroxylation sites is 2. The van der Waals surface area contributed by atoms with E-state index in [0.29, 0.717) is 11.8 Å². The molecule has 0 aliphatic carbocycles. The molecule has 0 radical (unpaired) electrons. The molecule has 4 heteroatoms. The fraction of sp³-hybridized carbons (Fsp3) is 0.222. The van der Waals surface area contributed by atoms with Crippen LogP contribution in [0.25, 0.3) is 11.4 Å². The molecule has 0 bridgehead atoms. The van der Waals surface area contributed by atoms with Crippen molar-refractivity contribution in [2.45, 2.75) is 39.5 Å². The van der Waals surface area contributed by atoms with Gasteiger partial charge in [-0.2, -0.15) is 0 Å². The topological polar surface area (TPSA) is 21.1 Å². The minimum absolute atomic E-state index is 0.00537. The third-order valence-corrected chi connectivity index (χ3v) is 6.29. The fourth-order valence-corrected chi connectivity index (χ4v) is 4.89. The van der Waals surface area contributed by atoms with Gasteiger partial charge in [-0.15, -0.1) is 0 Å². The lowest BCUT2D eigenvalue weighted by Crippen LogP contribution is -2.56. The normalized spacial score (nSPS) is 13.0. The molecule has 4 aromatic rings. The van der Waals surface area contributed by atoms with Gasteiger partial charge >= 0.3 is 6.98 Å². The largest absolute Gasteiger partial charge is 0.422 e. The van der Waals surface area contributed by atoms with E-state index in [0.717, 1.165) is 5.82 Å². The van der Waals surface area contributed by atoms with E-state index in [9.17, 15) is 0 Å². The van der Waals surface area contributed by atoms with Crippen LogP contribution in [0.4, 0.5) is 11.4 Å². The van der Waals surface area contributed by atoms with E-state index in [-0.39, 0.29) is 6.98 Å². The first-order chi connectivity index (χ1) is 15.1. The lowest BCUT2D eigenvalue weighted by atomic mass is 9.57. The van der Waals surface area contributed by atoms with E-state index in [1.807, 2.05) is 6.20 Å². The van der Waals surface area contributed by atoms with Gasteiger partial charge in [-0.25, -0.2) is 4.98 Å². The highest BCUT2D eigenvalue weighted by Crippen LogP contribution is 2.40. The van der Waals surface area contributed by atoms with Gasteiger partial charge in [0.2, 0.25) is 0 Å². The van der Waals surface area contributed by atoms with E-state index < -0.39 is 0 Å². The lowest BCUT2D eigenvalue weighted by molar-refractivity contribution is 0.842. The van der Waals surface area contributed by atoms with Crippen molar-refractivity contribution in [1.82, 2.24) is 9.46 Å². The monoisotopic (exact) mass is 405 g/mol. The second-order valence-corrected chi connectivity index (χ2v) is 8.91. The molecule has 0 spiro atoms. The maximum absolute atomic E-state index is 4.79. The third kappa shape index (κ3) is 3.18. The first kappa shape index (κ1) is 19.7. The smallest absolute Gasteiger partial charge is 0.361 e. The molecule has 1 aliphatic rings. The Morgan fingerprint density at radius 2 is 1.39 bits per heavy atom. The van der Waals surface area contributed by atoms with Crippen LogP contribution in [-0.4, -0.2) is 16.4 Å². The van der Waals surface area contributed by atoms with E-state index in [1.54, 1.807) is 0 Å². The maximum atomic E-state index is 4.79. The van der Waals surface area contributed by atoms with Gasteiger partial charge in [0, 0.05) is 29.3 Å². The van der Waals surface area contributed by atoms with Crippen LogP contribution in [-0.2, 0) is 0 Å². The van der Waals surface area contributed by atoms with Crippen LogP contribution in [0.5, 0.6) is 0 Å². The van der Waals surface area contributed by atoms with Gasteiger partial charge in [0.25, 0.3) is 0 Å². The molecule has 3 nitrogen and oxygen atoms in total. The number of anilines is 2. The molecule has 0 unspecified atom stereocenters. The van der Waals surface area contributed by atoms with Gasteiger partial charge in [-0.1, -0.05) is 76.2 Å². The standard InChI is InChI=1S/C27H28BN3/c1-19(2)22-14-10-15-23(20(3)4)26(22)28-30-18-17-29-27(30)24-13-8-9-16-25(24)31(28)21-11-6-5-7-12-21/h5-20H,1-4H3. The SMILES string of the molecule is CC(C)c1cccc(C(C)C)c1B1N(c2ccccc2)c2ccccc2-c2nccn21. The molecule has 1 aliphatic heterocycles. The minimum Gasteiger partial charge on any atom is -0.361 e. The average Bonchev–Trinajstić information content (AvgIpc) is 3.28. The van der Waals surface area contributed by atoms with Crippen LogP contribution < -0.4 is 10.3 Å². The van der Waals surface area contributed by atoms with Crippen molar-refractivity contribution >= 4 is 23.8 Å². The van der Waals surface area contributed by atoms with E-state index in [4.69, 9.17) is 4.98 Å². The van der Waals surface area contributed by atoms with Crippen LogP contribution in [0.3, 0.4) is 0 Å². The first-order valence-electron chi connectivity index (χ1n) is 11.2. The molecule has 0 atom stereocenters. The summed E-state index contributed by atoms with van der Waals surface area (Å²) < 4.78 is 2.35. The Hall–Kier alpha value is -3.27. The Kier molecular flexibility index (Phi) is 4.93. The summed E-state index contributed by atoms with van der Waals surface area (Å²) in [5, 5.41) is 0. The molecular weight excluding hydrogens is 377 g/mol. The summed E-state index contributed by atoms with van der Waals surface area (Å²) in [6.45, 7) is 9.18. The van der Waals surface area contributed by atoms with Crippen molar-refractivity contribution in [3.05, 3.63) is 96.3 Å². The third-order valence-electron chi connectivity index (χ3n) is 6.29. The van der Waals surface area contributed by atoms with Crippen molar-refractivity contribution in [3.63, 3.8) is 0 Å². The highest BCUT2D eigenvalue weighted by molar-refractivity contribution is 6.78. The summed E-state index contributed by atoms with van der Waals surface area (Å²) in [5.74, 6) is 1.88. The van der Waals surface area contributed by atoms with Crippen molar-refractivity contribution in [2.75, 3.05) is 4.81 Å². The van der Waals surface area contributed by atoms with Gasteiger partial charge in [0.05, 0.1) is 0 Å². The Bertz CT molecular complexity index is 1180. The molecule has 2 heterocycles. The van der Waals surface area contributed by atoms with Crippen molar-refractivity contribution in [3.8, 4) is 11.4 Å². The van der Waals surface area contributed by atoms with Gasteiger partial charge < -0.3 is 9.29 Å². The summed E-state index contributed by atoms with van der Waals surface area (Å²) in [5.41, 5.74) is 7.75. The van der Waals surface area contributed by atoms with Crippen LogP contribution >= 0.6 is 0 Å². The molecule has 154 valence electrons. The minimum atomic E-state index is 0.00537. The van der Waals surface area contributed by atoms with Gasteiger partial charge in [-0.3, -0.25) is 0 Å². The molecule has 0 amide bonds. The number of benzene rings is 3. The summed E-state index contributed by atoms with van der Waals surface area (Å²) >= 11 is 0. The number of nitrogens with zero attached hydrogens (tertiary/aromatic N) is 3. The van der Waals surface area contributed by atoms with Crippen molar-refractivity contribution < 1.29 is 0 Å². The lowest BCUT2D eigenvalue weighted by Gasteiger charge is -2.40. The number of hydrogen-bond donors (Lipinski definition) is 0. The summed E-state index contributed by atoms with van der Waals surface area (Å²) in [7, 11) is 0. The molecule has 31 heavy (non-hydrogen) atoms. The molecule has 1 aromatic heterocycles. The van der Waals surface area contributed by atoms with Crippen molar-refractivity contribution in [1.29, 1.82) is 0 Å². The van der Waals surface area contributed by atoms with Gasteiger partial charge in [0.15, 0.2) is 0 Å². The van der Waals surface area contributed by atoms with Gasteiger partial charge in [-0.05, 0) is 52.7 Å². The Morgan fingerprint density at radius 3 is 2.06 bits per heavy atom. The number of fused-ring (bicyclic) bond motifs is 3. The van der Waals surface area contributed by atoms with Crippen LogP contribution in [0.15, 0.2) is 85.2 Å². The zero-order chi connectivity index (χ0) is 21.5. The van der Waals surface area contributed by atoms with E-state index in [2.05, 4.69) is 116 Å². The van der Waals surface area contributed by atoms with Gasteiger partial charge in [0.1, 0.15) is 5.82 Å². The molecular formula is C27H28BN3. The molecule has 5 rings (SSSR count). The molecule has 0 saturated carbocycles. The quantitative estimate of drug-likeness (QED) is 0.378. The number of rotatable bonds is 4. The Balaban J connectivity index is 1.87. The second-order valence-electron chi connectivity index (χ2n) is 8.91. The first-order valence-corrected chi connectivity index (χ1v) is 11.2. The number of aromatic nitrogens is 2. The Morgan fingerprint density at radius 1 is 0.742 bits per heavy atom. The summed E-state index contributed by atoms with van der Waals surface area (Å²) in [6.07, 6.45) is 4.06. The highest BCUT2D eigenvalue weighted by atomic mass is 15.2. The predicted molar refractivity (Wildman–Crippen MR) is 132 cm³/mol.